The molecule has 0 fully saturated rings. The van der Waals surface area contributed by atoms with Gasteiger partial charge in [-0.25, -0.2) is 9.37 Å². The summed E-state index contributed by atoms with van der Waals surface area (Å²) in [5.74, 6) is 0.155. The molecule has 0 aliphatic carbocycles. The van der Waals surface area contributed by atoms with Gasteiger partial charge in [0.25, 0.3) is 0 Å². The molecule has 5 heteroatoms. The number of aromatic nitrogens is 2. The van der Waals surface area contributed by atoms with Crippen LogP contribution in [0.15, 0.2) is 24.5 Å². The van der Waals surface area contributed by atoms with E-state index in [-0.39, 0.29) is 11.6 Å². The molecule has 0 aliphatic rings. The highest BCUT2D eigenvalue weighted by molar-refractivity contribution is 5.87. The summed E-state index contributed by atoms with van der Waals surface area (Å²) in [6.07, 6.45) is 2.83. The van der Waals surface area contributed by atoms with Gasteiger partial charge in [0, 0.05) is 17.8 Å². The molecule has 2 aromatic rings. The highest BCUT2D eigenvalue weighted by atomic mass is 19.1. The number of hydrogen-bond donors (Lipinski definition) is 1. The quantitative estimate of drug-likeness (QED) is 0.789. The van der Waals surface area contributed by atoms with E-state index in [0.717, 1.165) is 0 Å². The fraction of sp³-hybridized carbons (Fsp3) is 0.111. The van der Waals surface area contributed by atoms with Gasteiger partial charge in [-0.1, -0.05) is 0 Å². The molecular weight excluding hydrogens is 187 g/mol. The molecule has 2 rings (SSSR count). The zero-order valence-corrected chi connectivity index (χ0v) is 7.14. The molecule has 0 atom stereocenters. The summed E-state index contributed by atoms with van der Waals surface area (Å²) in [7, 11) is 0. The molecule has 14 heavy (non-hydrogen) atoms. The molecule has 0 aliphatic heterocycles. The summed E-state index contributed by atoms with van der Waals surface area (Å²) >= 11 is 0. The topological polar surface area (TPSA) is 55.2 Å². The van der Waals surface area contributed by atoms with Crippen molar-refractivity contribution in [3.05, 3.63) is 24.5 Å². The average molecular weight is 194 g/mol. The van der Waals surface area contributed by atoms with E-state index >= 15 is 0 Å². The monoisotopic (exact) mass is 194 g/mol. The van der Waals surface area contributed by atoms with Crippen LogP contribution < -0.4 is 4.74 Å². The number of halogens is 1. The zero-order valence-electron chi connectivity index (χ0n) is 7.14. The van der Waals surface area contributed by atoms with Crippen molar-refractivity contribution in [1.82, 2.24) is 9.97 Å². The summed E-state index contributed by atoms with van der Waals surface area (Å²) in [5, 5.41) is 9.94. The smallest absolute Gasteiger partial charge is 0.243 e. The molecule has 72 valence electrons. The molecule has 0 aromatic carbocycles. The number of fused-ring (bicyclic) bond motifs is 1. The summed E-state index contributed by atoms with van der Waals surface area (Å²) in [6, 6.07) is 3.03. The third kappa shape index (κ3) is 1.32. The standard InChI is InChI=1S/C9H7FN2O2/c10-5-14-9-8-6(1-3-12-9)7(13)2-4-11-8/h1-4H,5H2,(H,11,13). The van der Waals surface area contributed by atoms with E-state index in [2.05, 4.69) is 14.7 Å². The van der Waals surface area contributed by atoms with Crippen molar-refractivity contribution in [2.45, 2.75) is 0 Å². The molecule has 0 bridgehead atoms. The van der Waals surface area contributed by atoms with Gasteiger partial charge >= 0.3 is 0 Å². The van der Waals surface area contributed by atoms with E-state index in [4.69, 9.17) is 0 Å². The van der Waals surface area contributed by atoms with Crippen LogP contribution in [0, 0.1) is 0 Å². The number of pyridine rings is 2. The van der Waals surface area contributed by atoms with Crippen molar-refractivity contribution in [3.63, 3.8) is 0 Å². The Kier molecular flexibility index (Phi) is 2.14. The molecule has 4 nitrogen and oxygen atoms in total. The molecule has 0 saturated carbocycles. The lowest BCUT2D eigenvalue weighted by atomic mass is 10.2. The van der Waals surface area contributed by atoms with Crippen molar-refractivity contribution in [1.29, 1.82) is 0 Å². The first kappa shape index (κ1) is 8.68. The predicted molar refractivity (Wildman–Crippen MR) is 47.8 cm³/mol. The Morgan fingerprint density at radius 3 is 2.86 bits per heavy atom. The number of ether oxygens (including phenoxy) is 1. The fourth-order valence-electron chi connectivity index (χ4n) is 1.20. The predicted octanol–water partition coefficient (Wildman–Crippen LogP) is 1.64. The molecule has 0 amide bonds. The molecule has 0 spiro atoms. The second kappa shape index (κ2) is 3.45. The summed E-state index contributed by atoms with van der Waals surface area (Å²) in [6.45, 7) is -0.969. The van der Waals surface area contributed by atoms with E-state index in [1.165, 1.54) is 18.5 Å². The van der Waals surface area contributed by atoms with Gasteiger partial charge in [0.1, 0.15) is 11.3 Å². The third-order valence-corrected chi connectivity index (χ3v) is 1.79. The second-order valence-corrected chi connectivity index (χ2v) is 2.60. The lowest BCUT2D eigenvalue weighted by Crippen LogP contribution is -1.95. The Balaban J connectivity index is 2.68. The van der Waals surface area contributed by atoms with Gasteiger partial charge in [-0.15, -0.1) is 0 Å². The minimum Gasteiger partial charge on any atom is -0.507 e. The van der Waals surface area contributed by atoms with Crippen molar-refractivity contribution >= 4 is 10.9 Å². The Morgan fingerprint density at radius 2 is 2.07 bits per heavy atom. The van der Waals surface area contributed by atoms with Crippen LogP contribution in [0.2, 0.25) is 0 Å². The van der Waals surface area contributed by atoms with Crippen LogP contribution >= 0.6 is 0 Å². The average Bonchev–Trinajstić information content (AvgIpc) is 2.20. The van der Waals surface area contributed by atoms with Crippen LogP contribution in [0.4, 0.5) is 4.39 Å². The van der Waals surface area contributed by atoms with E-state index < -0.39 is 6.86 Å². The van der Waals surface area contributed by atoms with Gasteiger partial charge in [0.05, 0.1) is 0 Å². The summed E-state index contributed by atoms with van der Waals surface area (Å²) in [4.78, 5) is 7.75. The number of alkyl halides is 1. The number of nitrogens with zero attached hydrogens (tertiary/aromatic N) is 2. The first-order valence-corrected chi connectivity index (χ1v) is 3.94. The molecule has 0 radical (unpaired) electrons. The molecule has 2 heterocycles. The Labute approximate surface area is 79.0 Å². The maximum atomic E-state index is 12.0. The molecule has 2 aromatic heterocycles. The zero-order chi connectivity index (χ0) is 9.97. The SMILES string of the molecule is Oc1ccnc2c(OCF)nccc12. The van der Waals surface area contributed by atoms with E-state index in [1.54, 1.807) is 6.07 Å². The van der Waals surface area contributed by atoms with Crippen LogP contribution in [0.3, 0.4) is 0 Å². The minimum absolute atomic E-state index is 0.0705. The molecule has 0 unspecified atom stereocenters. The van der Waals surface area contributed by atoms with E-state index in [9.17, 15) is 9.50 Å². The van der Waals surface area contributed by atoms with Gasteiger partial charge in [0.2, 0.25) is 12.7 Å². The Morgan fingerprint density at radius 1 is 1.29 bits per heavy atom. The van der Waals surface area contributed by atoms with Crippen LogP contribution in [0.25, 0.3) is 10.9 Å². The van der Waals surface area contributed by atoms with Gasteiger partial charge in [0.15, 0.2) is 0 Å². The van der Waals surface area contributed by atoms with Crippen LogP contribution in [0.5, 0.6) is 11.6 Å². The van der Waals surface area contributed by atoms with Crippen LogP contribution in [-0.4, -0.2) is 21.9 Å². The van der Waals surface area contributed by atoms with Crippen molar-refractivity contribution < 1.29 is 14.2 Å². The highest BCUT2D eigenvalue weighted by Gasteiger charge is 2.07. The Bertz CT molecular complexity index is 462. The summed E-state index contributed by atoms with van der Waals surface area (Å²) in [5.41, 5.74) is 0.352. The number of rotatable bonds is 2. The van der Waals surface area contributed by atoms with Gasteiger partial charge in [-0.2, -0.15) is 0 Å². The maximum absolute atomic E-state index is 12.0. The molecule has 1 N–H and O–H groups in total. The van der Waals surface area contributed by atoms with E-state index in [1.807, 2.05) is 0 Å². The minimum atomic E-state index is -0.969. The largest absolute Gasteiger partial charge is 0.507 e. The first-order valence-electron chi connectivity index (χ1n) is 3.94. The van der Waals surface area contributed by atoms with Crippen LogP contribution in [0.1, 0.15) is 0 Å². The van der Waals surface area contributed by atoms with E-state index in [0.29, 0.717) is 10.9 Å². The van der Waals surface area contributed by atoms with Gasteiger partial charge in [-0.05, 0) is 12.1 Å². The van der Waals surface area contributed by atoms with Crippen molar-refractivity contribution in [3.8, 4) is 11.6 Å². The maximum Gasteiger partial charge on any atom is 0.243 e. The number of aromatic hydroxyl groups is 1. The normalized spacial score (nSPS) is 10.4. The molecule has 0 saturated heterocycles. The highest BCUT2D eigenvalue weighted by Crippen LogP contribution is 2.27. The number of hydrogen-bond acceptors (Lipinski definition) is 4. The molecular formula is C9H7FN2O2. The first-order chi connectivity index (χ1) is 6.83. The summed E-state index contributed by atoms with van der Waals surface area (Å²) < 4.78 is 16.6. The Hall–Kier alpha value is -1.91. The van der Waals surface area contributed by atoms with Gasteiger partial charge in [-0.3, -0.25) is 4.98 Å². The van der Waals surface area contributed by atoms with Crippen molar-refractivity contribution in [2.24, 2.45) is 0 Å². The lowest BCUT2D eigenvalue weighted by Gasteiger charge is -2.04. The van der Waals surface area contributed by atoms with Crippen molar-refractivity contribution in [2.75, 3.05) is 6.86 Å². The third-order valence-electron chi connectivity index (χ3n) is 1.79. The second-order valence-electron chi connectivity index (χ2n) is 2.60. The van der Waals surface area contributed by atoms with Gasteiger partial charge < -0.3 is 9.84 Å². The fourth-order valence-corrected chi connectivity index (χ4v) is 1.20. The van der Waals surface area contributed by atoms with Crippen LogP contribution in [-0.2, 0) is 0 Å². The lowest BCUT2D eigenvalue weighted by molar-refractivity contribution is 0.187.